The molecule has 2 saturated heterocycles. The number of carbonyl (C=O) groups excluding carboxylic acids is 1. The number of hydrogen-bond acceptors (Lipinski definition) is 6. The second kappa shape index (κ2) is 6.01. The third-order valence-electron chi connectivity index (χ3n) is 4.21. The Morgan fingerprint density at radius 1 is 1.33 bits per heavy atom. The van der Waals surface area contributed by atoms with Crippen LogP contribution < -0.4 is 4.74 Å². The van der Waals surface area contributed by atoms with Crippen LogP contribution in [-0.4, -0.2) is 55.5 Å². The van der Waals surface area contributed by atoms with Gasteiger partial charge in [0.1, 0.15) is 11.8 Å². The molecule has 2 fully saturated rings. The molecule has 4 heterocycles. The lowest BCUT2D eigenvalue weighted by atomic mass is 9.92. The monoisotopic (exact) mass is 346 g/mol. The van der Waals surface area contributed by atoms with E-state index in [4.69, 9.17) is 4.74 Å². The number of halogens is 1. The van der Waals surface area contributed by atoms with Crippen molar-refractivity contribution in [1.29, 1.82) is 0 Å². The Bertz CT molecular complexity index is 755. The average Bonchev–Trinajstić information content (AvgIpc) is 3.00. The quantitative estimate of drug-likeness (QED) is 0.844. The van der Waals surface area contributed by atoms with E-state index in [0.717, 1.165) is 12.2 Å². The van der Waals surface area contributed by atoms with Crippen molar-refractivity contribution in [3.05, 3.63) is 48.4 Å². The number of amides is 1. The summed E-state index contributed by atoms with van der Waals surface area (Å²) in [7, 11) is 0. The molecule has 1 atom stereocenters. The van der Waals surface area contributed by atoms with Crippen molar-refractivity contribution in [1.82, 2.24) is 19.9 Å². The number of ether oxygens (including phenoxy) is 1. The maximum Gasteiger partial charge on any atom is 0.274 e. The standard InChI is InChI=1S/C16H15FN4O2S/c17-12-2-1-3-20-14(12)23-11-6-16(24-8-11)9-21(10-16)15(22)13-7-18-4-5-19-13/h1-5,7,11H,6,8-10H2/t11-/m1/s1. The Hall–Kier alpha value is -2.22. The molecule has 0 saturated carbocycles. The summed E-state index contributed by atoms with van der Waals surface area (Å²) in [5.41, 5.74) is 0.360. The van der Waals surface area contributed by atoms with Crippen molar-refractivity contribution in [2.24, 2.45) is 0 Å². The molecule has 124 valence electrons. The van der Waals surface area contributed by atoms with Crippen molar-refractivity contribution in [3.8, 4) is 5.88 Å². The summed E-state index contributed by atoms with van der Waals surface area (Å²) in [6.45, 7) is 1.30. The average molecular weight is 346 g/mol. The first kappa shape index (κ1) is 15.3. The summed E-state index contributed by atoms with van der Waals surface area (Å²) in [6, 6.07) is 2.87. The first-order chi connectivity index (χ1) is 11.7. The zero-order valence-corrected chi connectivity index (χ0v) is 13.6. The van der Waals surface area contributed by atoms with E-state index >= 15 is 0 Å². The molecule has 1 spiro atoms. The summed E-state index contributed by atoms with van der Waals surface area (Å²) in [5, 5.41) is 0. The number of nitrogens with zero attached hydrogens (tertiary/aromatic N) is 4. The van der Waals surface area contributed by atoms with Crippen molar-refractivity contribution in [2.45, 2.75) is 17.3 Å². The highest BCUT2D eigenvalue weighted by atomic mass is 32.2. The van der Waals surface area contributed by atoms with E-state index in [0.29, 0.717) is 18.8 Å². The Balaban J connectivity index is 1.35. The van der Waals surface area contributed by atoms with Crippen LogP contribution >= 0.6 is 11.8 Å². The Morgan fingerprint density at radius 2 is 2.21 bits per heavy atom. The number of hydrogen-bond donors (Lipinski definition) is 0. The van der Waals surface area contributed by atoms with Crippen LogP contribution in [0.25, 0.3) is 0 Å². The molecule has 24 heavy (non-hydrogen) atoms. The first-order valence-electron chi connectivity index (χ1n) is 7.62. The molecule has 6 nitrogen and oxygen atoms in total. The summed E-state index contributed by atoms with van der Waals surface area (Å²) in [6.07, 6.45) is 6.73. The minimum atomic E-state index is -0.448. The molecule has 2 aliphatic rings. The molecule has 0 aromatic carbocycles. The molecule has 2 aliphatic heterocycles. The summed E-state index contributed by atoms with van der Waals surface area (Å²) >= 11 is 1.78. The van der Waals surface area contributed by atoms with Gasteiger partial charge >= 0.3 is 0 Å². The number of carbonyl (C=O) groups is 1. The Labute approximate surface area is 142 Å². The van der Waals surface area contributed by atoms with E-state index in [1.54, 1.807) is 22.9 Å². The topological polar surface area (TPSA) is 68.2 Å². The second-order valence-corrected chi connectivity index (χ2v) is 7.47. The van der Waals surface area contributed by atoms with Gasteiger partial charge in [-0.25, -0.2) is 14.4 Å². The molecular weight excluding hydrogens is 331 g/mol. The van der Waals surface area contributed by atoms with Gasteiger partial charge < -0.3 is 9.64 Å². The first-order valence-corrected chi connectivity index (χ1v) is 8.60. The third-order valence-corrected chi connectivity index (χ3v) is 5.78. The lowest BCUT2D eigenvalue weighted by Gasteiger charge is -2.47. The number of thioether (sulfide) groups is 1. The fourth-order valence-corrected chi connectivity index (χ4v) is 4.60. The highest BCUT2D eigenvalue weighted by Crippen LogP contribution is 2.46. The van der Waals surface area contributed by atoms with Gasteiger partial charge in [0.05, 0.1) is 10.9 Å². The number of aromatic nitrogens is 3. The fraction of sp³-hybridized carbons (Fsp3) is 0.375. The van der Waals surface area contributed by atoms with Gasteiger partial charge in [-0.15, -0.1) is 11.8 Å². The summed E-state index contributed by atoms with van der Waals surface area (Å²) in [4.78, 5) is 26.0. The van der Waals surface area contributed by atoms with Crippen LogP contribution in [0.5, 0.6) is 5.88 Å². The highest BCUT2D eigenvalue weighted by Gasteiger charge is 2.51. The van der Waals surface area contributed by atoms with E-state index < -0.39 is 5.82 Å². The zero-order valence-electron chi connectivity index (χ0n) is 12.8. The molecular formula is C16H15FN4O2S. The number of likely N-dealkylation sites (tertiary alicyclic amines) is 1. The van der Waals surface area contributed by atoms with E-state index in [-0.39, 0.29) is 22.6 Å². The van der Waals surface area contributed by atoms with Gasteiger partial charge in [-0.2, -0.15) is 0 Å². The smallest absolute Gasteiger partial charge is 0.274 e. The molecule has 1 amide bonds. The number of pyridine rings is 1. The van der Waals surface area contributed by atoms with Crippen LogP contribution in [0.1, 0.15) is 16.9 Å². The van der Waals surface area contributed by atoms with Crippen molar-refractivity contribution < 1.29 is 13.9 Å². The second-order valence-electron chi connectivity index (χ2n) is 5.98. The van der Waals surface area contributed by atoms with Crippen molar-refractivity contribution in [2.75, 3.05) is 18.8 Å². The van der Waals surface area contributed by atoms with Crippen molar-refractivity contribution >= 4 is 17.7 Å². The lowest BCUT2D eigenvalue weighted by molar-refractivity contribution is 0.0507. The van der Waals surface area contributed by atoms with Crippen LogP contribution in [0.3, 0.4) is 0 Å². The molecule has 8 heteroatoms. The predicted octanol–water partition coefficient (Wildman–Crippen LogP) is 1.79. The van der Waals surface area contributed by atoms with Crippen LogP contribution in [-0.2, 0) is 0 Å². The van der Waals surface area contributed by atoms with Gasteiger partial charge in [-0.1, -0.05) is 0 Å². The van der Waals surface area contributed by atoms with Gasteiger partial charge in [0, 0.05) is 43.9 Å². The van der Waals surface area contributed by atoms with E-state index in [9.17, 15) is 9.18 Å². The molecule has 2 aromatic rings. The van der Waals surface area contributed by atoms with Gasteiger partial charge in [-0.05, 0) is 12.1 Å². The molecule has 0 bridgehead atoms. The lowest BCUT2D eigenvalue weighted by Crippen LogP contribution is -2.61. The SMILES string of the molecule is O=C(c1cnccn1)N1CC2(C[C@@H](Oc3ncccc3F)CS2)C1. The van der Waals surface area contributed by atoms with E-state index in [1.807, 2.05) is 0 Å². The summed E-state index contributed by atoms with van der Waals surface area (Å²) < 4.78 is 19.3. The Kier molecular flexibility index (Phi) is 3.84. The minimum absolute atomic E-state index is 0.00616. The molecule has 0 N–H and O–H groups in total. The maximum atomic E-state index is 13.6. The fourth-order valence-electron chi connectivity index (χ4n) is 3.08. The molecule has 0 radical (unpaired) electrons. The normalized spacial score (nSPS) is 21.5. The minimum Gasteiger partial charge on any atom is -0.471 e. The summed E-state index contributed by atoms with van der Waals surface area (Å²) in [5.74, 6) is 0.265. The largest absolute Gasteiger partial charge is 0.471 e. The maximum absolute atomic E-state index is 13.6. The van der Waals surface area contributed by atoms with Gasteiger partial charge in [0.15, 0.2) is 5.82 Å². The van der Waals surface area contributed by atoms with Crippen molar-refractivity contribution in [3.63, 3.8) is 0 Å². The van der Waals surface area contributed by atoms with Crippen LogP contribution in [0, 0.1) is 5.82 Å². The highest BCUT2D eigenvalue weighted by molar-refractivity contribution is 8.01. The molecule has 0 aliphatic carbocycles. The van der Waals surface area contributed by atoms with Crippen LogP contribution in [0.15, 0.2) is 36.9 Å². The molecule has 2 aromatic heterocycles. The van der Waals surface area contributed by atoms with Gasteiger partial charge in [0.25, 0.3) is 11.8 Å². The molecule has 4 rings (SSSR count). The Morgan fingerprint density at radius 3 is 2.96 bits per heavy atom. The predicted molar refractivity (Wildman–Crippen MR) is 86.4 cm³/mol. The zero-order chi connectivity index (χ0) is 16.6. The van der Waals surface area contributed by atoms with E-state index in [1.165, 1.54) is 30.7 Å². The third kappa shape index (κ3) is 2.82. The van der Waals surface area contributed by atoms with Gasteiger partial charge in [0.2, 0.25) is 0 Å². The van der Waals surface area contributed by atoms with E-state index in [2.05, 4.69) is 15.0 Å². The van der Waals surface area contributed by atoms with Gasteiger partial charge in [-0.3, -0.25) is 9.78 Å². The van der Waals surface area contributed by atoms with Crippen LogP contribution in [0.2, 0.25) is 0 Å². The number of rotatable bonds is 3. The van der Waals surface area contributed by atoms with Crippen LogP contribution in [0.4, 0.5) is 4.39 Å². The molecule has 0 unspecified atom stereocenters.